The van der Waals surface area contributed by atoms with E-state index in [1.807, 2.05) is 37.3 Å². The largest absolute Gasteiger partial charge is 0.494 e. The first-order valence-electron chi connectivity index (χ1n) is 11.6. The van der Waals surface area contributed by atoms with Crippen molar-refractivity contribution < 1.29 is 18.9 Å². The van der Waals surface area contributed by atoms with Crippen LogP contribution in [-0.2, 0) is 13.0 Å². The third kappa shape index (κ3) is 4.56. The SMILES string of the molecule is CCOc1ccc(C2COc3c(ccc4c3C=CC(C)(C)O4)C2)c(OCc2ccccc2)c1. The maximum Gasteiger partial charge on any atom is 0.133 e. The molecule has 0 saturated heterocycles. The predicted molar refractivity (Wildman–Crippen MR) is 131 cm³/mol. The fourth-order valence-corrected chi connectivity index (χ4v) is 4.48. The summed E-state index contributed by atoms with van der Waals surface area (Å²) in [5.74, 6) is 3.69. The standard InChI is InChI=1S/C29H30O4/c1-4-30-23-11-12-24(27(17-23)31-18-20-8-6-5-7-9-20)22-16-21-10-13-26-25(28(21)32-19-22)14-15-29(2,3)33-26/h5-15,17,22H,4,16,18-19H2,1-3H3. The van der Waals surface area contributed by atoms with E-state index in [2.05, 4.69) is 56.3 Å². The van der Waals surface area contributed by atoms with Gasteiger partial charge in [-0.2, -0.15) is 0 Å². The smallest absolute Gasteiger partial charge is 0.133 e. The number of fused-ring (bicyclic) bond motifs is 3. The molecule has 33 heavy (non-hydrogen) atoms. The Morgan fingerprint density at radius 2 is 1.85 bits per heavy atom. The first-order chi connectivity index (χ1) is 16.0. The molecule has 0 bridgehead atoms. The Kier molecular flexibility index (Phi) is 5.76. The molecule has 0 saturated carbocycles. The van der Waals surface area contributed by atoms with E-state index in [4.69, 9.17) is 18.9 Å². The highest BCUT2D eigenvalue weighted by Crippen LogP contribution is 2.44. The second-order valence-electron chi connectivity index (χ2n) is 9.12. The van der Waals surface area contributed by atoms with E-state index in [-0.39, 0.29) is 11.5 Å². The van der Waals surface area contributed by atoms with Gasteiger partial charge in [0, 0.05) is 17.5 Å². The van der Waals surface area contributed by atoms with Gasteiger partial charge >= 0.3 is 0 Å². The van der Waals surface area contributed by atoms with Crippen molar-refractivity contribution in [1.29, 1.82) is 0 Å². The van der Waals surface area contributed by atoms with E-state index >= 15 is 0 Å². The van der Waals surface area contributed by atoms with E-state index in [1.165, 1.54) is 5.56 Å². The summed E-state index contributed by atoms with van der Waals surface area (Å²) < 4.78 is 24.5. The van der Waals surface area contributed by atoms with Gasteiger partial charge in [-0.3, -0.25) is 0 Å². The van der Waals surface area contributed by atoms with E-state index in [9.17, 15) is 0 Å². The van der Waals surface area contributed by atoms with Crippen LogP contribution >= 0.6 is 0 Å². The summed E-state index contributed by atoms with van der Waals surface area (Å²) in [5.41, 5.74) is 4.21. The first kappa shape index (κ1) is 21.4. The summed E-state index contributed by atoms with van der Waals surface area (Å²) in [6.45, 7) is 7.84. The Hall–Kier alpha value is -3.40. The van der Waals surface area contributed by atoms with Crippen LogP contribution < -0.4 is 18.9 Å². The highest BCUT2D eigenvalue weighted by atomic mass is 16.5. The zero-order valence-corrected chi connectivity index (χ0v) is 19.5. The normalized spacial score (nSPS) is 17.8. The Balaban J connectivity index is 1.42. The van der Waals surface area contributed by atoms with E-state index in [0.29, 0.717) is 19.8 Å². The van der Waals surface area contributed by atoms with Gasteiger partial charge in [0.25, 0.3) is 0 Å². The minimum atomic E-state index is -0.300. The zero-order chi connectivity index (χ0) is 22.8. The van der Waals surface area contributed by atoms with Gasteiger partial charge in [0.15, 0.2) is 0 Å². The number of benzene rings is 3. The fraction of sp³-hybridized carbons (Fsp3) is 0.310. The molecule has 2 heterocycles. The molecule has 5 rings (SSSR count). The van der Waals surface area contributed by atoms with Crippen LogP contribution in [0.1, 0.15) is 48.9 Å². The van der Waals surface area contributed by atoms with Crippen LogP contribution in [0.5, 0.6) is 23.0 Å². The third-order valence-corrected chi connectivity index (χ3v) is 6.13. The molecular weight excluding hydrogens is 412 g/mol. The van der Waals surface area contributed by atoms with Gasteiger partial charge in [0.05, 0.1) is 18.8 Å². The van der Waals surface area contributed by atoms with Gasteiger partial charge in [0.1, 0.15) is 35.2 Å². The van der Waals surface area contributed by atoms with E-state index in [0.717, 1.165) is 46.1 Å². The molecule has 0 spiro atoms. The molecule has 0 radical (unpaired) electrons. The number of hydrogen-bond donors (Lipinski definition) is 0. The van der Waals surface area contributed by atoms with Crippen LogP contribution in [0.2, 0.25) is 0 Å². The minimum Gasteiger partial charge on any atom is -0.494 e. The van der Waals surface area contributed by atoms with Crippen molar-refractivity contribution in [1.82, 2.24) is 0 Å². The quantitative estimate of drug-likeness (QED) is 0.433. The number of rotatable bonds is 6. The first-order valence-corrected chi connectivity index (χ1v) is 11.6. The molecule has 3 aromatic carbocycles. The summed E-state index contributed by atoms with van der Waals surface area (Å²) in [6.07, 6.45) is 5.10. The molecule has 0 aliphatic carbocycles. The van der Waals surface area contributed by atoms with Crippen LogP contribution in [0.25, 0.3) is 6.08 Å². The molecule has 3 aromatic rings. The minimum absolute atomic E-state index is 0.196. The Morgan fingerprint density at radius 1 is 1.00 bits per heavy atom. The summed E-state index contributed by atoms with van der Waals surface area (Å²) in [4.78, 5) is 0. The molecule has 0 amide bonds. The lowest BCUT2D eigenvalue weighted by Gasteiger charge is -2.32. The van der Waals surface area contributed by atoms with Gasteiger partial charge in [-0.05, 0) is 62.6 Å². The number of hydrogen-bond acceptors (Lipinski definition) is 4. The Labute approximate surface area is 195 Å². The zero-order valence-electron chi connectivity index (χ0n) is 19.5. The van der Waals surface area contributed by atoms with Crippen molar-refractivity contribution in [3.63, 3.8) is 0 Å². The highest BCUT2D eigenvalue weighted by molar-refractivity contribution is 5.69. The lowest BCUT2D eigenvalue weighted by Crippen LogP contribution is -2.28. The van der Waals surface area contributed by atoms with Crippen molar-refractivity contribution in [2.45, 2.75) is 45.3 Å². The maximum atomic E-state index is 6.33. The third-order valence-electron chi connectivity index (χ3n) is 6.13. The van der Waals surface area contributed by atoms with Gasteiger partial charge in [-0.1, -0.05) is 42.5 Å². The topological polar surface area (TPSA) is 36.9 Å². The van der Waals surface area contributed by atoms with Crippen molar-refractivity contribution in [2.75, 3.05) is 13.2 Å². The molecular formula is C29H30O4. The van der Waals surface area contributed by atoms with Crippen molar-refractivity contribution in [3.8, 4) is 23.0 Å². The molecule has 4 heteroatoms. The van der Waals surface area contributed by atoms with Crippen molar-refractivity contribution in [2.24, 2.45) is 0 Å². The van der Waals surface area contributed by atoms with E-state index in [1.54, 1.807) is 0 Å². The molecule has 1 atom stereocenters. The van der Waals surface area contributed by atoms with Crippen LogP contribution in [0.4, 0.5) is 0 Å². The second-order valence-corrected chi connectivity index (χ2v) is 9.12. The average Bonchev–Trinajstić information content (AvgIpc) is 2.82. The highest BCUT2D eigenvalue weighted by Gasteiger charge is 2.30. The summed E-state index contributed by atoms with van der Waals surface area (Å²) in [5, 5.41) is 0. The lowest BCUT2D eigenvalue weighted by molar-refractivity contribution is 0.157. The van der Waals surface area contributed by atoms with Gasteiger partial charge < -0.3 is 18.9 Å². The Morgan fingerprint density at radius 3 is 2.67 bits per heavy atom. The van der Waals surface area contributed by atoms with Crippen molar-refractivity contribution >= 4 is 6.08 Å². The molecule has 4 nitrogen and oxygen atoms in total. The molecule has 0 N–H and O–H groups in total. The molecule has 1 unspecified atom stereocenters. The van der Waals surface area contributed by atoms with Gasteiger partial charge in [-0.25, -0.2) is 0 Å². The maximum absolute atomic E-state index is 6.33. The van der Waals surface area contributed by atoms with Crippen LogP contribution in [0.3, 0.4) is 0 Å². The summed E-state index contributed by atoms with van der Waals surface area (Å²) >= 11 is 0. The van der Waals surface area contributed by atoms with Crippen LogP contribution in [0.15, 0.2) is 66.7 Å². The molecule has 170 valence electrons. The fourth-order valence-electron chi connectivity index (χ4n) is 4.48. The lowest BCUT2D eigenvalue weighted by atomic mass is 9.88. The van der Waals surface area contributed by atoms with Crippen LogP contribution in [0, 0.1) is 0 Å². The van der Waals surface area contributed by atoms with Gasteiger partial charge in [-0.15, -0.1) is 0 Å². The second kappa shape index (κ2) is 8.86. The van der Waals surface area contributed by atoms with Gasteiger partial charge in [0.2, 0.25) is 0 Å². The Bertz CT molecular complexity index is 1160. The van der Waals surface area contributed by atoms with E-state index < -0.39 is 0 Å². The van der Waals surface area contributed by atoms with Crippen molar-refractivity contribution in [3.05, 3.63) is 89.0 Å². The monoisotopic (exact) mass is 442 g/mol. The number of ether oxygens (including phenoxy) is 4. The molecule has 0 aromatic heterocycles. The molecule has 0 fully saturated rings. The van der Waals surface area contributed by atoms with Crippen LogP contribution in [-0.4, -0.2) is 18.8 Å². The summed E-state index contributed by atoms with van der Waals surface area (Å²) in [7, 11) is 0. The predicted octanol–water partition coefficient (Wildman–Crippen LogP) is 6.57. The molecule has 2 aliphatic heterocycles. The summed E-state index contributed by atoms with van der Waals surface area (Å²) in [6, 6.07) is 20.6. The molecule has 2 aliphatic rings. The average molecular weight is 443 g/mol.